The molecule has 0 aliphatic heterocycles. The van der Waals surface area contributed by atoms with Gasteiger partial charge in [-0.05, 0) is 35.9 Å². The van der Waals surface area contributed by atoms with Crippen LogP contribution in [0, 0.1) is 0 Å². The van der Waals surface area contributed by atoms with E-state index < -0.39 is 11.5 Å². The van der Waals surface area contributed by atoms with Gasteiger partial charge >= 0.3 is 5.97 Å². The number of rotatable bonds is 6. The van der Waals surface area contributed by atoms with E-state index in [-0.39, 0.29) is 12.1 Å². The van der Waals surface area contributed by atoms with E-state index in [9.17, 15) is 14.7 Å². The Morgan fingerprint density at radius 3 is 2.41 bits per heavy atom. The third-order valence-electron chi connectivity index (χ3n) is 5.54. The number of benzene rings is 2. The maximum Gasteiger partial charge on any atom is 0.341 e. The van der Waals surface area contributed by atoms with Gasteiger partial charge < -0.3 is 9.84 Å². The summed E-state index contributed by atoms with van der Waals surface area (Å²) in [5, 5.41) is 19.1. The van der Waals surface area contributed by atoms with E-state index in [4.69, 9.17) is 9.84 Å². The molecule has 0 bridgehead atoms. The Labute approximate surface area is 194 Å². The monoisotopic (exact) mass is 452 g/mol. The molecule has 0 spiro atoms. The number of carbonyl (C=O) groups is 1. The molecule has 8 heteroatoms. The molecule has 0 saturated heterocycles. The number of aromatic nitrogens is 4. The first-order valence-corrected chi connectivity index (χ1v) is 10.6. The fraction of sp³-hybridized carbons (Fsp3) is 0.0769. The standard InChI is InChI=1S/C26H20N4O4/c1-34-19-12-10-17(11-13-19)16-30-25(31)20(26(32)33)15-21(27-30)23-22-9-5-6-14-29(22)28-24(23)18-7-3-2-4-8-18/h2-15H,16H2,1H3,(H,32,33). The van der Waals surface area contributed by atoms with Gasteiger partial charge in [-0.1, -0.05) is 48.5 Å². The predicted molar refractivity (Wildman–Crippen MR) is 127 cm³/mol. The van der Waals surface area contributed by atoms with Crippen LogP contribution in [0.1, 0.15) is 15.9 Å². The largest absolute Gasteiger partial charge is 0.497 e. The number of pyridine rings is 1. The van der Waals surface area contributed by atoms with Crippen LogP contribution in [0.5, 0.6) is 5.75 Å². The van der Waals surface area contributed by atoms with Crippen LogP contribution < -0.4 is 10.3 Å². The second-order valence-corrected chi connectivity index (χ2v) is 7.68. The molecular weight excluding hydrogens is 432 g/mol. The fourth-order valence-corrected chi connectivity index (χ4v) is 3.88. The maximum atomic E-state index is 13.0. The smallest absolute Gasteiger partial charge is 0.341 e. The van der Waals surface area contributed by atoms with Gasteiger partial charge in [0.05, 0.1) is 30.4 Å². The summed E-state index contributed by atoms with van der Waals surface area (Å²) in [6.07, 6.45) is 1.82. The molecule has 0 saturated carbocycles. The first kappa shape index (κ1) is 21.1. The lowest BCUT2D eigenvalue weighted by Gasteiger charge is -2.11. The molecule has 8 nitrogen and oxygen atoms in total. The van der Waals surface area contributed by atoms with Crippen LogP contribution in [-0.2, 0) is 6.54 Å². The lowest BCUT2D eigenvalue weighted by molar-refractivity contribution is 0.0693. The Hall–Kier alpha value is -4.72. The summed E-state index contributed by atoms with van der Waals surface area (Å²) >= 11 is 0. The summed E-state index contributed by atoms with van der Waals surface area (Å²) in [5.41, 5.74) is 3.01. The molecule has 3 aromatic heterocycles. The van der Waals surface area contributed by atoms with Gasteiger partial charge in [0.2, 0.25) is 0 Å². The number of carboxylic acid groups (broad SMARTS) is 1. The van der Waals surface area contributed by atoms with Crippen molar-refractivity contribution in [1.29, 1.82) is 0 Å². The first-order chi connectivity index (χ1) is 16.5. The van der Waals surface area contributed by atoms with Crippen LogP contribution in [0.3, 0.4) is 0 Å². The predicted octanol–water partition coefficient (Wildman–Crippen LogP) is 3.98. The number of fused-ring (bicyclic) bond motifs is 1. The van der Waals surface area contributed by atoms with Gasteiger partial charge in [-0.25, -0.2) is 14.0 Å². The Kier molecular flexibility index (Phi) is 5.39. The Bertz CT molecular complexity index is 1550. The highest BCUT2D eigenvalue weighted by Gasteiger charge is 2.22. The second kappa shape index (κ2) is 8.67. The summed E-state index contributed by atoms with van der Waals surface area (Å²) in [6.45, 7) is 0.108. The minimum atomic E-state index is -1.31. The Morgan fingerprint density at radius 2 is 1.71 bits per heavy atom. The number of ether oxygens (including phenoxy) is 1. The van der Waals surface area contributed by atoms with E-state index >= 15 is 0 Å². The van der Waals surface area contributed by atoms with Gasteiger partial charge in [0.25, 0.3) is 5.56 Å². The van der Waals surface area contributed by atoms with Crippen LogP contribution in [0.2, 0.25) is 0 Å². The van der Waals surface area contributed by atoms with Crippen molar-refractivity contribution in [2.24, 2.45) is 0 Å². The third kappa shape index (κ3) is 3.81. The normalized spacial score (nSPS) is 11.0. The number of hydrogen-bond donors (Lipinski definition) is 1. The van der Waals surface area contributed by atoms with Gasteiger partial charge in [-0.3, -0.25) is 4.79 Å². The molecule has 2 aromatic carbocycles. The quantitative estimate of drug-likeness (QED) is 0.418. The molecule has 0 aliphatic rings. The molecular formula is C26H20N4O4. The van der Waals surface area contributed by atoms with Crippen molar-refractivity contribution in [2.75, 3.05) is 7.11 Å². The van der Waals surface area contributed by atoms with E-state index in [1.54, 1.807) is 23.8 Å². The molecule has 5 aromatic rings. The van der Waals surface area contributed by atoms with Gasteiger partial charge in [-0.15, -0.1) is 0 Å². The molecule has 168 valence electrons. The van der Waals surface area contributed by atoms with Gasteiger partial charge in [-0.2, -0.15) is 10.2 Å². The van der Waals surface area contributed by atoms with Gasteiger partial charge in [0, 0.05) is 11.8 Å². The lowest BCUT2D eigenvalue weighted by Crippen LogP contribution is -2.29. The van der Waals surface area contributed by atoms with Crippen LogP contribution in [-0.4, -0.2) is 37.6 Å². The summed E-state index contributed by atoms with van der Waals surface area (Å²) in [7, 11) is 1.57. The number of aromatic carboxylic acids is 1. The number of methoxy groups -OCH3 is 1. The van der Waals surface area contributed by atoms with E-state index in [1.165, 1.54) is 10.7 Å². The van der Waals surface area contributed by atoms with E-state index in [1.807, 2.05) is 66.9 Å². The number of hydrogen-bond acceptors (Lipinski definition) is 5. The number of carboxylic acids is 1. The zero-order chi connectivity index (χ0) is 23.7. The van der Waals surface area contributed by atoms with Crippen LogP contribution in [0.25, 0.3) is 28.0 Å². The highest BCUT2D eigenvalue weighted by molar-refractivity contribution is 5.94. The van der Waals surface area contributed by atoms with E-state index in [2.05, 4.69) is 5.10 Å². The van der Waals surface area contributed by atoms with Crippen LogP contribution >= 0.6 is 0 Å². The molecule has 0 amide bonds. The minimum absolute atomic E-state index is 0.108. The van der Waals surface area contributed by atoms with Crippen LogP contribution in [0.15, 0.2) is 89.9 Å². The maximum absolute atomic E-state index is 13.0. The lowest BCUT2D eigenvalue weighted by atomic mass is 10.0. The van der Waals surface area contributed by atoms with Crippen molar-refractivity contribution in [3.63, 3.8) is 0 Å². The summed E-state index contributed by atoms with van der Waals surface area (Å²) in [5.74, 6) is -0.627. The molecule has 0 atom stereocenters. The number of nitrogens with zero attached hydrogens (tertiary/aromatic N) is 4. The summed E-state index contributed by atoms with van der Waals surface area (Å²) in [6, 6.07) is 23.7. The van der Waals surface area contributed by atoms with Crippen molar-refractivity contribution < 1.29 is 14.6 Å². The molecule has 3 heterocycles. The molecule has 0 radical (unpaired) electrons. The van der Waals surface area contributed by atoms with Crippen molar-refractivity contribution in [3.8, 4) is 28.3 Å². The third-order valence-corrected chi connectivity index (χ3v) is 5.54. The topological polar surface area (TPSA) is 98.7 Å². The average molecular weight is 452 g/mol. The molecule has 5 rings (SSSR count). The van der Waals surface area contributed by atoms with Crippen molar-refractivity contribution >= 4 is 11.5 Å². The Balaban J connectivity index is 1.73. The first-order valence-electron chi connectivity index (χ1n) is 10.6. The molecule has 0 aliphatic carbocycles. The SMILES string of the molecule is COc1ccc(Cn2nc(-c3c(-c4ccccc4)nn4ccccc34)cc(C(=O)O)c2=O)cc1. The highest BCUT2D eigenvalue weighted by atomic mass is 16.5. The van der Waals surface area contributed by atoms with E-state index in [0.717, 1.165) is 16.6 Å². The minimum Gasteiger partial charge on any atom is -0.497 e. The molecule has 34 heavy (non-hydrogen) atoms. The van der Waals surface area contributed by atoms with Crippen molar-refractivity contribution in [3.05, 3.63) is 107 Å². The average Bonchev–Trinajstić information content (AvgIpc) is 3.26. The molecule has 0 fully saturated rings. The fourth-order valence-electron chi connectivity index (χ4n) is 3.88. The van der Waals surface area contributed by atoms with Crippen molar-refractivity contribution in [1.82, 2.24) is 19.4 Å². The van der Waals surface area contributed by atoms with Gasteiger partial charge in [0.1, 0.15) is 17.0 Å². The second-order valence-electron chi connectivity index (χ2n) is 7.68. The zero-order valence-corrected chi connectivity index (χ0v) is 18.3. The Morgan fingerprint density at radius 1 is 0.971 bits per heavy atom. The van der Waals surface area contributed by atoms with E-state index in [0.29, 0.717) is 22.7 Å². The molecule has 0 unspecified atom stereocenters. The van der Waals surface area contributed by atoms with Crippen molar-refractivity contribution in [2.45, 2.75) is 6.54 Å². The van der Waals surface area contributed by atoms with Crippen LogP contribution in [0.4, 0.5) is 0 Å². The molecule has 1 N–H and O–H groups in total. The summed E-state index contributed by atoms with van der Waals surface area (Å²) in [4.78, 5) is 24.9. The van der Waals surface area contributed by atoms with Gasteiger partial charge in [0.15, 0.2) is 0 Å². The summed E-state index contributed by atoms with van der Waals surface area (Å²) < 4.78 is 8.09. The highest BCUT2D eigenvalue weighted by Crippen LogP contribution is 2.34. The zero-order valence-electron chi connectivity index (χ0n) is 18.3.